The van der Waals surface area contributed by atoms with Crippen molar-refractivity contribution >= 4 is 17.6 Å². The average molecular weight is 445 g/mol. The number of halogens is 1. The van der Waals surface area contributed by atoms with Crippen LogP contribution in [0.4, 0.5) is 10.2 Å². The summed E-state index contributed by atoms with van der Waals surface area (Å²) in [5, 5.41) is 0. The van der Waals surface area contributed by atoms with Crippen LogP contribution >= 0.6 is 0 Å². The van der Waals surface area contributed by atoms with E-state index in [9.17, 15) is 14.0 Å². The highest BCUT2D eigenvalue weighted by Crippen LogP contribution is 2.35. The topological polar surface area (TPSA) is 66.4 Å². The maximum atomic E-state index is 13.2. The second-order valence-electron chi connectivity index (χ2n) is 8.59. The van der Waals surface area contributed by atoms with Crippen LogP contribution in [-0.2, 0) is 17.6 Å². The fourth-order valence-electron chi connectivity index (χ4n) is 4.69. The zero-order chi connectivity index (χ0) is 22.9. The molecule has 1 fully saturated rings. The van der Waals surface area contributed by atoms with Gasteiger partial charge in [0.05, 0.1) is 12.5 Å². The van der Waals surface area contributed by atoms with Gasteiger partial charge in [-0.3, -0.25) is 14.5 Å². The highest BCUT2D eigenvalue weighted by molar-refractivity contribution is 6.00. The molecule has 0 saturated carbocycles. The lowest BCUT2D eigenvalue weighted by molar-refractivity contribution is -0.117. The van der Waals surface area contributed by atoms with Crippen molar-refractivity contribution in [2.24, 2.45) is 0 Å². The first-order valence-electron chi connectivity index (χ1n) is 11.3. The van der Waals surface area contributed by atoms with E-state index in [4.69, 9.17) is 9.97 Å². The number of rotatable bonds is 5. The summed E-state index contributed by atoms with van der Waals surface area (Å²) in [6.45, 7) is 3.02. The summed E-state index contributed by atoms with van der Waals surface area (Å²) in [5.41, 5.74) is 3.24. The summed E-state index contributed by atoms with van der Waals surface area (Å²) < 4.78 is 13.2. The Kier molecular flexibility index (Phi) is 5.62. The van der Waals surface area contributed by atoms with E-state index in [1.165, 1.54) is 12.1 Å². The largest absolute Gasteiger partial charge is 0.328 e. The Morgan fingerprint density at radius 2 is 1.85 bits per heavy atom. The Hall–Kier alpha value is -3.61. The Balaban J connectivity index is 1.41. The van der Waals surface area contributed by atoms with Gasteiger partial charge in [0.25, 0.3) is 5.91 Å². The summed E-state index contributed by atoms with van der Waals surface area (Å²) in [6.07, 6.45) is 2.56. The van der Waals surface area contributed by atoms with Crippen molar-refractivity contribution in [1.29, 1.82) is 0 Å². The summed E-state index contributed by atoms with van der Waals surface area (Å²) in [5.74, 6) is 0.924. The van der Waals surface area contributed by atoms with Crippen LogP contribution in [-0.4, -0.2) is 39.8 Å². The number of carbonyl (C=O) groups is 2. The Bertz CT molecular complexity index is 1200. The molecule has 6 nitrogen and oxygen atoms in total. The van der Waals surface area contributed by atoms with Crippen LogP contribution in [0.5, 0.6) is 0 Å². The fraction of sp³-hybridized carbons (Fsp3) is 0.308. The van der Waals surface area contributed by atoms with Crippen molar-refractivity contribution in [2.45, 2.75) is 38.6 Å². The van der Waals surface area contributed by atoms with E-state index in [0.717, 1.165) is 29.7 Å². The zero-order valence-electron chi connectivity index (χ0n) is 18.5. The van der Waals surface area contributed by atoms with Crippen LogP contribution in [0.3, 0.4) is 0 Å². The molecule has 168 valence electrons. The van der Waals surface area contributed by atoms with Crippen LogP contribution in [0.25, 0.3) is 0 Å². The van der Waals surface area contributed by atoms with Gasteiger partial charge >= 0.3 is 0 Å². The molecule has 2 aliphatic rings. The number of fused-ring (bicyclic) bond motifs is 1. The van der Waals surface area contributed by atoms with Gasteiger partial charge in [-0.1, -0.05) is 30.3 Å². The zero-order valence-corrected chi connectivity index (χ0v) is 18.5. The smallest absolute Gasteiger partial charge is 0.254 e. The normalized spacial score (nSPS) is 17.5. The number of nitrogens with zero attached hydrogens (tertiary/aromatic N) is 4. The maximum absolute atomic E-state index is 13.2. The third kappa shape index (κ3) is 4.11. The monoisotopic (exact) mass is 444 g/mol. The van der Waals surface area contributed by atoms with E-state index < -0.39 is 0 Å². The van der Waals surface area contributed by atoms with Crippen molar-refractivity contribution in [3.63, 3.8) is 0 Å². The van der Waals surface area contributed by atoms with Gasteiger partial charge in [0.2, 0.25) is 5.91 Å². The molecule has 0 N–H and O–H groups in total. The molecule has 3 aromatic rings. The number of carbonyl (C=O) groups excluding carboxylic acids is 2. The Morgan fingerprint density at radius 3 is 2.61 bits per heavy atom. The molecule has 0 radical (unpaired) electrons. The van der Waals surface area contributed by atoms with E-state index in [0.29, 0.717) is 36.7 Å². The van der Waals surface area contributed by atoms with Crippen molar-refractivity contribution in [3.05, 3.63) is 88.6 Å². The first-order chi connectivity index (χ1) is 16.0. The van der Waals surface area contributed by atoms with Crippen LogP contribution in [0.1, 0.15) is 51.9 Å². The first kappa shape index (κ1) is 21.2. The molecule has 33 heavy (non-hydrogen) atoms. The van der Waals surface area contributed by atoms with Gasteiger partial charge in [-0.15, -0.1) is 0 Å². The predicted molar refractivity (Wildman–Crippen MR) is 122 cm³/mol. The van der Waals surface area contributed by atoms with Crippen molar-refractivity contribution in [1.82, 2.24) is 14.9 Å². The summed E-state index contributed by atoms with van der Waals surface area (Å²) in [4.78, 5) is 39.0. The molecule has 1 atom stereocenters. The molecule has 3 heterocycles. The van der Waals surface area contributed by atoms with E-state index in [2.05, 4.69) is 0 Å². The Labute approximate surface area is 192 Å². The molecule has 5 rings (SSSR count). The van der Waals surface area contributed by atoms with Crippen molar-refractivity contribution in [3.8, 4) is 0 Å². The molecule has 1 saturated heterocycles. The number of aromatic nitrogens is 2. The van der Waals surface area contributed by atoms with Gasteiger partial charge in [-0.25, -0.2) is 14.4 Å². The van der Waals surface area contributed by atoms with Crippen LogP contribution < -0.4 is 4.90 Å². The molecule has 2 aliphatic heterocycles. The lowest BCUT2D eigenvalue weighted by Gasteiger charge is -2.25. The molecule has 0 spiro atoms. The Morgan fingerprint density at radius 1 is 1.09 bits per heavy atom. The number of anilines is 1. The van der Waals surface area contributed by atoms with E-state index in [-0.39, 0.29) is 30.1 Å². The lowest BCUT2D eigenvalue weighted by Crippen LogP contribution is -2.32. The molecule has 1 aromatic heterocycles. The number of likely N-dealkylation sites (tertiary alicyclic amines) is 1. The standard InChI is InChI=1S/C26H25FN4O2/c1-17-21-16-23(32)31(15-13-18-9-11-20(27)12-10-18)25(21)29-24(28-17)22-8-5-14-30(22)26(33)19-6-3-2-4-7-19/h2-4,6-7,9-12,22H,5,8,13-16H2,1H3/t22-/m0/s1. The molecular weight excluding hydrogens is 419 g/mol. The number of hydrogen-bond donors (Lipinski definition) is 0. The molecule has 0 unspecified atom stereocenters. The van der Waals surface area contributed by atoms with Gasteiger partial charge in [-0.2, -0.15) is 0 Å². The van der Waals surface area contributed by atoms with E-state index >= 15 is 0 Å². The third-order valence-corrected chi connectivity index (χ3v) is 6.46. The molecular formula is C26H25FN4O2. The number of aryl methyl sites for hydroxylation is 1. The second kappa shape index (κ2) is 8.73. The van der Waals surface area contributed by atoms with Crippen molar-refractivity contribution in [2.75, 3.05) is 18.0 Å². The highest BCUT2D eigenvalue weighted by Gasteiger charge is 2.36. The highest BCUT2D eigenvalue weighted by atomic mass is 19.1. The van der Waals surface area contributed by atoms with Gasteiger partial charge in [0.15, 0.2) is 5.82 Å². The quantitative estimate of drug-likeness (QED) is 0.596. The molecule has 2 aromatic carbocycles. The second-order valence-corrected chi connectivity index (χ2v) is 8.59. The minimum atomic E-state index is -0.277. The van der Waals surface area contributed by atoms with Gasteiger partial charge in [-0.05, 0) is 56.0 Å². The van der Waals surface area contributed by atoms with Crippen LogP contribution in [0.2, 0.25) is 0 Å². The first-order valence-corrected chi connectivity index (χ1v) is 11.3. The summed E-state index contributed by atoms with van der Waals surface area (Å²) in [6, 6.07) is 15.4. The minimum absolute atomic E-state index is 0.00898. The number of amides is 2. The summed E-state index contributed by atoms with van der Waals surface area (Å²) in [7, 11) is 0. The predicted octanol–water partition coefficient (Wildman–Crippen LogP) is 4.03. The molecule has 0 bridgehead atoms. The van der Waals surface area contributed by atoms with Gasteiger partial charge in [0.1, 0.15) is 11.6 Å². The maximum Gasteiger partial charge on any atom is 0.254 e. The molecule has 0 aliphatic carbocycles. The van der Waals surface area contributed by atoms with Gasteiger partial charge in [0, 0.05) is 29.9 Å². The molecule has 7 heteroatoms. The number of hydrogen-bond acceptors (Lipinski definition) is 4. The van der Waals surface area contributed by atoms with Crippen molar-refractivity contribution < 1.29 is 14.0 Å². The lowest BCUT2D eigenvalue weighted by atomic mass is 10.1. The fourth-order valence-corrected chi connectivity index (χ4v) is 4.69. The van der Waals surface area contributed by atoms with Gasteiger partial charge < -0.3 is 4.90 Å². The van der Waals surface area contributed by atoms with Crippen LogP contribution in [0.15, 0.2) is 54.6 Å². The SMILES string of the molecule is Cc1nc([C@@H]2CCCN2C(=O)c2ccccc2)nc2c1CC(=O)N2CCc1ccc(F)cc1. The third-order valence-electron chi connectivity index (χ3n) is 6.46. The minimum Gasteiger partial charge on any atom is -0.328 e. The molecule has 2 amide bonds. The van der Waals surface area contributed by atoms with Crippen LogP contribution in [0, 0.1) is 12.7 Å². The number of benzene rings is 2. The summed E-state index contributed by atoms with van der Waals surface area (Å²) >= 11 is 0. The van der Waals surface area contributed by atoms with E-state index in [1.807, 2.05) is 42.2 Å². The average Bonchev–Trinajstić information content (AvgIpc) is 3.44. The van der Waals surface area contributed by atoms with E-state index in [1.54, 1.807) is 17.0 Å².